The van der Waals surface area contributed by atoms with Gasteiger partial charge in [-0.3, -0.25) is 9.59 Å². The van der Waals surface area contributed by atoms with Gasteiger partial charge in [0.15, 0.2) is 0 Å². The van der Waals surface area contributed by atoms with E-state index in [9.17, 15) is 9.59 Å². The summed E-state index contributed by atoms with van der Waals surface area (Å²) in [4.78, 5) is 23.8. The monoisotopic (exact) mass is 234 g/mol. The van der Waals surface area contributed by atoms with Crippen LogP contribution in [0.1, 0.15) is 6.42 Å². The first-order valence-corrected chi connectivity index (χ1v) is 5.98. The lowest BCUT2D eigenvalue weighted by Gasteiger charge is -2.19. The number of hydrogen-bond donors (Lipinski definition) is 1. The van der Waals surface area contributed by atoms with Crippen molar-refractivity contribution in [3.05, 3.63) is 0 Å². The van der Waals surface area contributed by atoms with Gasteiger partial charge in [-0.15, -0.1) is 0 Å². The summed E-state index contributed by atoms with van der Waals surface area (Å²) >= 11 is 1.64. The van der Waals surface area contributed by atoms with Crippen LogP contribution < -0.4 is 5.73 Å². The largest absolute Gasteiger partial charge is 0.468 e. The molecular weight excluding hydrogens is 216 g/mol. The molecule has 0 unspecified atom stereocenters. The zero-order valence-electron chi connectivity index (χ0n) is 9.36. The number of nitrogens with two attached hydrogens (primary N) is 1. The fourth-order valence-corrected chi connectivity index (χ4v) is 1.48. The summed E-state index contributed by atoms with van der Waals surface area (Å²) in [5, 5.41) is 0. The molecule has 15 heavy (non-hydrogen) atoms. The molecule has 1 atom stereocenters. The van der Waals surface area contributed by atoms with Crippen molar-refractivity contribution in [1.82, 2.24) is 4.90 Å². The molecule has 1 amide bonds. The maximum absolute atomic E-state index is 11.6. The van der Waals surface area contributed by atoms with Crippen LogP contribution in [0, 0.1) is 0 Å². The number of hydrogen-bond acceptors (Lipinski definition) is 5. The maximum atomic E-state index is 11.6. The highest BCUT2D eigenvalue weighted by Crippen LogP contribution is 2.01. The molecule has 0 aliphatic rings. The number of methoxy groups -OCH3 is 1. The van der Waals surface area contributed by atoms with Crippen LogP contribution in [0.3, 0.4) is 0 Å². The van der Waals surface area contributed by atoms with Gasteiger partial charge < -0.3 is 15.4 Å². The van der Waals surface area contributed by atoms with Crippen LogP contribution in [0.25, 0.3) is 0 Å². The van der Waals surface area contributed by atoms with Gasteiger partial charge in [0.1, 0.15) is 6.54 Å². The van der Waals surface area contributed by atoms with Crippen molar-refractivity contribution in [2.75, 3.05) is 32.7 Å². The van der Waals surface area contributed by atoms with Crippen molar-refractivity contribution in [1.29, 1.82) is 0 Å². The van der Waals surface area contributed by atoms with Gasteiger partial charge in [0, 0.05) is 7.05 Å². The molecule has 0 spiro atoms. The Morgan fingerprint density at radius 3 is 2.60 bits per heavy atom. The van der Waals surface area contributed by atoms with Gasteiger partial charge in [0.2, 0.25) is 5.91 Å². The molecule has 6 heteroatoms. The smallest absolute Gasteiger partial charge is 0.325 e. The van der Waals surface area contributed by atoms with E-state index in [2.05, 4.69) is 4.74 Å². The molecule has 0 aromatic heterocycles. The van der Waals surface area contributed by atoms with Crippen LogP contribution in [-0.4, -0.2) is 55.5 Å². The van der Waals surface area contributed by atoms with Gasteiger partial charge in [-0.1, -0.05) is 0 Å². The Morgan fingerprint density at radius 2 is 2.13 bits per heavy atom. The van der Waals surface area contributed by atoms with Gasteiger partial charge in [-0.25, -0.2) is 0 Å². The second kappa shape index (κ2) is 7.53. The van der Waals surface area contributed by atoms with E-state index in [1.807, 2.05) is 6.26 Å². The standard InChI is InChI=1S/C9H18N2O3S/c1-11(6-8(12)14-2)9(13)7(10)4-5-15-3/h7H,4-6,10H2,1-3H3/t7-/m1/s1. The minimum atomic E-state index is -0.535. The summed E-state index contributed by atoms with van der Waals surface area (Å²) in [6.07, 6.45) is 2.57. The van der Waals surface area contributed by atoms with Crippen LogP contribution in [0.4, 0.5) is 0 Å². The Kier molecular flexibility index (Phi) is 7.15. The maximum Gasteiger partial charge on any atom is 0.325 e. The van der Waals surface area contributed by atoms with E-state index in [1.54, 1.807) is 11.8 Å². The topological polar surface area (TPSA) is 72.6 Å². The first-order chi connectivity index (χ1) is 7.02. The fraction of sp³-hybridized carbons (Fsp3) is 0.778. The van der Waals surface area contributed by atoms with Crippen molar-refractivity contribution in [3.63, 3.8) is 0 Å². The number of rotatable bonds is 6. The number of amides is 1. The summed E-state index contributed by atoms with van der Waals surface area (Å²) in [5.41, 5.74) is 5.66. The molecule has 0 aliphatic heterocycles. The molecular formula is C9H18N2O3S. The lowest BCUT2D eigenvalue weighted by Crippen LogP contribution is -2.44. The molecule has 0 bridgehead atoms. The molecule has 0 heterocycles. The molecule has 0 rings (SSSR count). The highest BCUT2D eigenvalue weighted by atomic mass is 32.2. The second-order valence-electron chi connectivity index (χ2n) is 3.16. The molecule has 0 aromatic carbocycles. The number of thioether (sulfide) groups is 1. The summed E-state index contributed by atoms with van der Waals surface area (Å²) in [6.45, 7) is -0.0533. The molecule has 5 nitrogen and oxygen atoms in total. The van der Waals surface area contributed by atoms with Crippen molar-refractivity contribution in [3.8, 4) is 0 Å². The summed E-state index contributed by atoms with van der Waals surface area (Å²) < 4.78 is 4.45. The zero-order valence-corrected chi connectivity index (χ0v) is 10.2. The Balaban J connectivity index is 4.01. The molecule has 0 aliphatic carbocycles. The van der Waals surface area contributed by atoms with E-state index in [1.165, 1.54) is 19.1 Å². The molecule has 0 saturated carbocycles. The van der Waals surface area contributed by atoms with Gasteiger partial charge in [0.05, 0.1) is 13.2 Å². The average Bonchev–Trinajstić information content (AvgIpc) is 2.24. The number of esters is 1. The third-order valence-corrected chi connectivity index (χ3v) is 2.56. The van der Waals surface area contributed by atoms with E-state index in [-0.39, 0.29) is 12.5 Å². The Bertz CT molecular complexity index is 223. The SMILES string of the molecule is COC(=O)CN(C)C(=O)[C@H](N)CCSC. The van der Waals surface area contributed by atoms with E-state index in [4.69, 9.17) is 5.73 Å². The Hall–Kier alpha value is -0.750. The molecule has 0 radical (unpaired) electrons. The zero-order chi connectivity index (χ0) is 11.8. The average molecular weight is 234 g/mol. The predicted molar refractivity (Wildman–Crippen MR) is 60.6 cm³/mol. The van der Waals surface area contributed by atoms with Crippen molar-refractivity contribution >= 4 is 23.6 Å². The third kappa shape index (κ3) is 5.64. The normalized spacial score (nSPS) is 12.0. The van der Waals surface area contributed by atoms with Crippen LogP contribution >= 0.6 is 11.8 Å². The Morgan fingerprint density at radius 1 is 1.53 bits per heavy atom. The van der Waals surface area contributed by atoms with Crippen LogP contribution in [-0.2, 0) is 14.3 Å². The van der Waals surface area contributed by atoms with Gasteiger partial charge in [0.25, 0.3) is 0 Å². The van der Waals surface area contributed by atoms with Crippen LogP contribution in [0.2, 0.25) is 0 Å². The van der Waals surface area contributed by atoms with Crippen molar-refractivity contribution in [2.24, 2.45) is 5.73 Å². The van der Waals surface area contributed by atoms with Crippen molar-refractivity contribution in [2.45, 2.75) is 12.5 Å². The number of likely N-dealkylation sites (N-methyl/N-ethyl adjacent to an activating group) is 1. The first kappa shape index (κ1) is 14.2. The number of carbonyl (C=O) groups excluding carboxylic acids is 2. The number of ether oxygens (including phenoxy) is 1. The first-order valence-electron chi connectivity index (χ1n) is 4.59. The van der Waals surface area contributed by atoms with E-state index < -0.39 is 12.0 Å². The molecule has 0 saturated heterocycles. The lowest BCUT2D eigenvalue weighted by molar-refractivity contribution is -0.146. The minimum absolute atomic E-state index is 0.0533. The van der Waals surface area contributed by atoms with Gasteiger partial charge >= 0.3 is 5.97 Å². The Labute approximate surface area is 94.3 Å². The van der Waals surface area contributed by atoms with Gasteiger partial charge in [-0.2, -0.15) is 11.8 Å². The van der Waals surface area contributed by atoms with E-state index >= 15 is 0 Å². The highest BCUT2D eigenvalue weighted by Gasteiger charge is 2.19. The molecule has 88 valence electrons. The molecule has 2 N–H and O–H groups in total. The van der Waals surface area contributed by atoms with E-state index in [0.717, 1.165) is 5.75 Å². The number of nitrogens with zero attached hydrogens (tertiary/aromatic N) is 1. The summed E-state index contributed by atoms with van der Waals surface area (Å²) in [5.74, 6) is 0.163. The predicted octanol–water partition coefficient (Wildman–Crippen LogP) is -0.302. The third-order valence-electron chi connectivity index (χ3n) is 1.92. The van der Waals surface area contributed by atoms with Crippen molar-refractivity contribution < 1.29 is 14.3 Å². The van der Waals surface area contributed by atoms with E-state index in [0.29, 0.717) is 6.42 Å². The fourth-order valence-electron chi connectivity index (χ4n) is 0.987. The second-order valence-corrected chi connectivity index (χ2v) is 4.14. The quantitative estimate of drug-likeness (QED) is 0.639. The molecule has 0 aromatic rings. The summed E-state index contributed by atoms with van der Waals surface area (Å²) in [7, 11) is 2.83. The molecule has 0 fully saturated rings. The summed E-state index contributed by atoms with van der Waals surface area (Å²) in [6, 6.07) is -0.535. The van der Waals surface area contributed by atoms with Crippen LogP contribution in [0.15, 0.2) is 0 Å². The van der Waals surface area contributed by atoms with Crippen LogP contribution in [0.5, 0.6) is 0 Å². The highest BCUT2D eigenvalue weighted by molar-refractivity contribution is 7.98. The van der Waals surface area contributed by atoms with Gasteiger partial charge in [-0.05, 0) is 18.4 Å². The minimum Gasteiger partial charge on any atom is -0.468 e. The lowest BCUT2D eigenvalue weighted by atomic mass is 10.2. The number of carbonyl (C=O) groups is 2.